The Balaban J connectivity index is 2.26. The average Bonchev–Trinajstić information content (AvgIpc) is 2.81. The number of hydrogen-bond acceptors (Lipinski definition) is 4. The van der Waals surface area contributed by atoms with E-state index in [-0.39, 0.29) is 30.3 Å². The standard InChI is InChI=1S/C13H21N5O2/c1-8(2)12-13(20)14-5-11(19)17(12)6-10-15-7-16-18(10)9(3)4/h7-9,12H,5-6H2,1-4H3,(H,14,20). The molecule has 1 saturated heterocycles. The van der Waals surface area contributed by atoms with Crippen LogP contribution >= 0.6 is 0 Å². The van der Waals surface area contributed by atoms with Crippen LogP contribution in [0.3, 0.4) is 0 Å². The lowest BCUT2D eigenvalue weighted by Gasteiger charge is -2.36. The first-order valence-corrected chi connectivity index (χ1v) is 6.87. The smallest absolute Gasteiger partial charge is 0.243 e. The molecule has 1 fully saturated rings. The van der Waals surface area contributed by atoms with Crippen molar-refractivity contribution >= 4 is 11.8 Å². The fourth-order valence-electron chi connectivity index (χ4n) is 2.49. The molecule has 0 aliphatic carbocycles. The van der Waals surface area contributed by atoms with E-state index < -0.39 is 6.04 Å². The summed E-state index contributed by atoms with van der Waals surface area (Å²) in [5, 5.41) is 6.80. The zero-order valence-corrected chi connectivity index (χ0v) is 12.3. The van der Waals surface area contributed by atoms with Crippen LogP contribution in [-0.2, 0) is 16.1 Å². The summed E-state index contributed by atoms with van der Waals surface area (Å²) in [6.07, 6.45) is 1.48. The Kier molecular flexibility index (Phi) is 4.06. The van der Waals surface area contributed by atoms with E-state index in [1.165, 1.54) is 6.33 Å². The largest absolute Gasteiger partial charge is 0.345 e. The molecular formula is C13H21N5O2. The second-order valence-corrected chi connectivity index (χ2v) is 5.64. The minimum Gasteiger partial charge on any atom is -0.345 e. The van der Waals surface area contributed by atoms with Gasteiger partial charge in [-0.2, -0.15) is 5.10 Å². The van der Waals surface area contributed by atoms with Crippen molar-refractivity contribution in [1.82, 2.24) is 25.0 Å². The second kappa shape index (κ2) is 5.60. The zero-order valence-electron chi connectivity index (χ0n) is 12.3. The van der Waals surface area contributed by atoms with Crippen LogP contribution in [0, 0.1) is 5.92 Å². The van der Waals surface area contributed by atoms with E-state index in [4.69, 9.17) is 0 Å². The number of aromatic nitrogens is 3. The number of hydrogen-bond donors (Lipinski definition) is 1. The van der Waals surface area contributed by atoms with Gasteiger partial charge in [-0.15, -0.1) is 0 Å². The Labute approximate surface area is 118 Å². The Morgan fingerprint density at radius 2 is 2.05 bits per heavy atom. The van der Waals surface area contributed by atoms with Crippen molar-refractivity contribution in [3.05, 3.63) is 12.2 Å². The van der Waals surface area contributed by atoms with Gasteiger partial charge in [0.05, 0.1) is 13.1 Å². The molecular weight excluding hydrogens is 258 g/mol. The molecule has 1 N–H and O–H groups in total. The lowest BCUT2D eigenvalue weighted by molar-refractivity contribution is -0.148. The number of amides is 2. The Morgan fingerprint density at radius 1 is 1.35 bits per heavy atom. The first-order chi connectivity index (χ1) is 9.41. The maximum absolute atomic E-state index is 12.1. The van der Waals surface area contributed by atoms with Crippen molar-refractivity contribution in [2.24, 2.45) is 5.92 Å². The van der Waals surface area contributed by atoms with E-state index in [1.54, 1.807) is 9.58 Å². The Morgan fingerprint density at radius 3 is 2.65 bits per heavy atom. The lowest BCUT2D eigenvalue weighted by atomic mass is 9.99. The van der Waals surface area contributed by atoms with E-state index in [9.17, 15) is 9.59 Å². The molecule has 7 heteroatoms. The third kappa shape index (κ3) is 2.66. The molecule has 20 heavy (non-hydrogen) atoms. The maximum atomic E-state index is 12.1. The quantitative estimate of drug-likeness (QED) is 0.862. The van der Waals surface area contributed by atoms with Gasteiger partial charge in [0.2, 0.25) is 11.8 Å². The highest BCUT2D eigenvalue weighted by molar-refractivity contribution is 5.94. The van der Waals surface area contributed by atoms with Crippen LogP contribution in [0.15, 0.2) is 6.33 Å². The number of rotatable bonds is 4. The van der Waals surface area contributed by atoms with Crippen molar-refractivity contribution < 1.29 is 9.59 Å². The molecule has 110 valence electrons. The summed E-state index contributed by atoms with van der Waals surface area (Å²) in [6, 6.07) is -0.285. The van der Waals surface area contributed by atoms with Crippen LogP contribution in [0.4, 0.5) is 0 Å². The monoisotopic (exact) mass is 279 g/mol. The number of nitrogens with zero attached hydrogens (tertiary/aromatic N) is 4. The predicted octanol–water partition coefficient (Wildman–Crippen LogP) is 0.342. The molecule has 1 atom stereocenters. The number of carbonyl (C=O) groups is 2. The van der Waals surface area contributed by atoms with Crippen LogP contribution in [0.2, 0.25) is 0 Å². The normalized spacial score (nSPS) is 19.9. The van der Waals surface area contributed by atoms with Gasteiger partial charge in [0, 0.05) is 6.04 Å². The summed E-state index contributed by atoms with van der Waals surface area (Å²) in [4.78, 5) is 29.9. The van der Waals surface area contributed by atoms with Crippen molar-refractivity contribution in [1.29, 1.82) is 0 Å². The third-order valence-electron chi connectivity index (χ3n) is 3.42. The van der Waals surface area contributed by atoms with Gasteiger partial charge in [0.25, 0.3) is 0 Å². The molecule has 0 spiro atoms. The molecule has 7 nitrogen and oxygen atoms in total. The first-order valence-electron chi connectivity index (χ1n) is 6.87. The molecule has 1 aromatic rings. The van der Waals surface area contributed by atoms with Crippen molar-refractivity contribution in [2.45, 2.75) is 46.3 Å². The Bertz CT molecular complexity index is 509. The average molecular weight is 279 g/mol. The van der Waals surface area contributed by atoms with Gasteiger partial charge in [-0.1, -0.05) is 13.8 Å². The molecule has 0 radical (unpaired) electrons. The summed E-state index contributed by atoms with van der Waals surface area (Å²) in [7, 11) is 0. The summed E-state index contributed by atoms with van der Waals surface area (Å²) in [5.74, 6) is 0.570. The Hall–Kier alpha value is -1.92. The molecule has 0 bridgehead atoms. The topological polar surface area (TPSA) is 80.1 Å². The van der Waals surface area contributed by atoms with E-state index in [1.807, 2.05) is 27.7 Å². The number of piperazine rings is 1. The van der Waals surface area contributed by atoms with Crippen LogP contribution in [0.1, 0.15) is 39.6 Å². The summed E-state index contributed by atoms with van der Waals surface area (Å²) < 4.78 is 1.77. The van der Waals surface area contributed by atoms with Crippen LogP contribution in [0.5, 0.6) is 0 Å². The minimum absolute atomic E-state index is 0.0506. The van der Waals surface area contributed by atoms with E-state index in [0.717, 1.165) is 0 Å². The molecule has 2 rings (SSSR count). The van der Waals surface area contributed by atoms with Gasteiger partial charge in [0.15, 0.2) is 0 Å². The molecule has 1 aliphatic heterocycles. The van der Waals surface area contributed by atoms with Crippen molar-refractivity contribution in [3.63, 3.8) is 0 Å². The van der Waals surface area contributed by atoms with E-state index in [2.05, 4.69) is 15.4 Å². The number of nitrogens with one attached hydrogen (secondary N) is 1. The van der Waals surface area contributed by atoms with Gasteiger partial charge < -0.3 is 10.2 Å². The highest BCUT2D eigenvalue weighted by Crippen LogP contribution is 2.18. The van der Waals surface area contributed by atoms with Gasteiger partial charge >= 0.3 is 0 Å². The molecule has 0 saturated carbocycles. The zero-order chi connectivity index (χ0) is 14.9. The molecule has 1 aliphatic rings. The molecule has 0 aromatic carbocycles. The third-order valence-corrected chi connectivity index (χ3v) is 3.42. The van der Waals surface area contributed by atoms with E-state index in [0.29, 0.717) is 12.4 Å². The molecule has 2 amide bonds. The van der Waals surface area contributed by atoms with Crippen molar-refractivity contribution in [2.75, 3.05) is 6.54 Å². The summed E-state index contributed by atoms with van der Waals surface area (Å²) >= 11 is 0. The predicted molar refractivity (Wildman–Crippen MR) is 72.6 cm³/mol. The second-order valence-electron chi connectivity index (χ2n) is 5.64. The minimum atomic E-state index is -0.450. The lowest BCUT2D eigenvalue weighted by Crippen LogP contribution is -2.60. The van der Waals surface area contributed by atoms with Crippen LogP contribution in [0.25, 0.3) is 0 Å². The number of carbonyl (C=O) groups excluding carboxylic acids is 2. The van der Waals surface area contributed by atoms with Crippen molar-refractivity contribution in [3.8, 4) is 0 Å². The summed E-state index contributed by atoms with van der Waals surface area (Å²) in [5.41, 5.74) is 0. The molecule has 2 heterocycles. The van der Waals surface area contributed by atoms with Crippen LogP contribution < -0.4 is 5.32 Å². The van der Waals surface area contributed by atoms with Gasteiger partial charge in [-0.05, 0) is 19.8 Å². The van der Waals surface area contributed by atoms with E-state index >= 15 is 0 Å². The fraction of sp³-hybridized carbons (Fsp3) is 0.692. The highest BCUT2D eigenvalue weighted by Gasteiger charge is 2.37. The van der Waals surface area contributed by atoms with Gasteiger partial charge in [0.1, 0.15) is 18.2 Å². The molecule has 1 unspecified atom stereocenters. The maximum Gasteiger partial charge on any atom is 0.243 e. The SMILES string of the molecule is CC(C)C1C(=O)NCC(=O)N1Cc1ncnn1C(C)C. The summed E-state index contributed by atoms with van der Waals surface area (Å²) in [6.45, 7) is 8.24. The highest BCUT2D eigenvalue weighted by atomic mass is 16.2. The fourth-order valence-corrected chi connectivity index (χ4v) is 2.49. The van der Waals surface area contributed by atoms with Crippen LogP contribution in [-0.4, -0.2) is 44.1 Å². The van der Waals surface area contributed by atoms with Gasteiger partial charge in [-0.3, -0.25) is 9.59 Å². The first kappa shape index (κ1) is 14.5. The molecule has 1 aromatic heterocycles. The van der Waals surface area contributed by atoms with Gasteiger partial charge in [-0.25, -0.2) is 9.67 Å².